The molecule has 0 atom stereocenters. The molecule has 0 aliphatic rings. The number of para-hydroxylation sites is 3. The fourth-order valence-corrected chi connectivity index (χ4v) is 2.20. The normalized spacial score (nSPS) is 10.5. The van der Waals surface area contributed by atoms with Crippen LogP contribution in [0, 0.1) is 0 Å². The van der Waals surface area contributed by atoms with E-state index in [-0.39, 0.29) is 5.75 Å². The highest BCUT2D eigenvalue weighted by Crippen LogP contribution is 2.28. The Kier molecular flexibility index (Phi) is 5.47. The van der Waals surface area contributed by atoms with Gasteiger partial charge in [-0.25, -0.2) is 10.2 Å². The predicted molar refractivity (Wildman–Crippen MR) is 101 cm³/mol. The highest BCUT2D eigenvalue weighted by atomic mass is 16.5. The molecule has 0 aliphatic carbocycles. The molecule has 0 fully saturated rings. The number of rotatable bonds is 5. The molecule has 0 spiro atoms. The summed E-state index contributed by atoms with van der Waals surface area (Å²) < 4.78 is 5.79. The van der Waals surface area contributed by atoms with Crippen LogP contribution in [0.25, 0.3) is 0 Å². The Balaban J connectivity index is 1.62. The first-order chi connectivity index (χ1) is 12.7. The summed E-state index contributed by atoms with van der Waals surface area (Å²) in [5, 5.41) is 15.9. The molecule has 6 heteroatoms. The van der Waals surface area contributed by atoms with Crippen LogP contribution in [0.5, 0.6) is 17.2 Å². The number of hydrogen-bond acceptors (Lipinski definition) is 4. The average molecular weight is 347 g/mol. The highest BCUT2D eigenvalue weighted by molar-refractivity contribution is 5.91. The van der Waals surface area contributed by atoms with Crippen LogP contribution in [0.2, 0.25) is 0 Å². The third-order valence-electron chi connectivity index (χ3n) is 3.36. The van der Waals surface area contributed by atoms with E-state index in [2.05, 4.69) is 15.8 Å². The lowest BCUT2D eigenvalue weighted by atomic mass is 10.2. The number of nitrogens with zero attached hydrogens (tertiary/aromatic N) is 1. The van der Waals surface area contributed by atoms with Gasteiger partial charge in [0.05, 0.1) is 11.9 Å². The molecule has 130 valence electrons. The van der Waals surface area contributed by atoms with Crippen LogP contribution in [0.1, 0.15) is 5.56 Å². The number of hydrazone groups is 1. The minimum absolute atomic E-state index is 0.130. The van der Waals surface area contributed by atoms with Gasteiger partial charge in [-0.05, 0) is 42.0 Å². The fraction of sp³-hybridized carbons (Fsp3) is 0. The number of hydrogen-bond donors (Lipinski definition) is 3. The number of carbonyl (C=O) groups is 1. The van der Waals surface area contributed by atoms with Crippen molar-refractivity contribution in [2.45, 2.75) is 0 Å². The molecule has 0 heterocycles. The molecular weight excluding hydrogens is 330 g/mol. The zero-order valence-corrected chi connectivity index (χ0v) is 13.8. The zero-order valence-electron chi connectivity index (χ0n) is 13.8. The van der Waals surface area contributed by atoms with Crippen LogP contribution >= 0.6 is 0 Å². The van der Waals surface area contributed by atoms with Gasteiger partial charge >= 0.3 is 6.03 Å². The second-order valence-electron chi connectivity index (χ2n) is 5.33. The lowest BCUT2D eigenvalue weighted by Crippen LogP contribution is -2.24. The molecule has 6 nitrogen and oxygen atoms in total. The first-order valence-corrected chi connectivity index (χ1v) is 7.92. The van der Waals surface area contributed by atoms with Crippen LogP contribution in [-0.2, 0) is 0 Å². The van der Waals surface area contributed by atoms with E-state index in [1.165, 1.54) is 12.3 Å². The number of urea groups is 1. The van der Waals surface area contributed by atoms with Crippen LogP contribution in [0.3, 0.4) is 0 Å². The topological polar surface area (TPSA) is 83.0 Å². The number of nitrogens with one attached hydrogen (secondary N) is 2. The quantitative estimate of drug-likeness (QED) is 0.474. The van der Waals surface area contributed by atoms with Crippen molar-refractivity contribution >= 4 is 17.9 Å². The van der Waals surface area contributed by atoms with E-state index >= 15 is 0 Å². The van der Waals surface area contributed by atoms with Gasteiger partial charge in [0, 0.05) is 0 Å². The maximum absolute atomic E-state index is 12.0. The molecule has 0 aliphatic heterocycles. The summed E-state index contributed by atoms with van der Waals surface area (Å²) in [6.45, 7) is 0. The van der Waals surface area contributed by atoms with Crippen LogP contribution in [0.15, 0.2) is 84.0 Å². The van der Waals surface area contributed by atoms with Crippen molar-refractivity contribution in [3.05, 3.63) is 84.4 Å². The number of phenolic OH excluding ortho intramolecular Hbond substituents is 1. The fourth-order valence-electron chi connectivity index (χ4n) is 2.20. The minimum Gasteiger partial charge on any atom is -0.508 e. The SMILES string of the molecule is O=C(N/N=C/c1cccc(O)c1)Nc1ccccc1Oc1ccccc1. The van der Waals surface area contributed by atoms with Gasteiger partial charge in [0.15, 0.2) is 5.75 Å². The number of phenols is 1. The third-order valence-corrected chi connectivity index (χ3v) is 3.36. The van der Waals surface area contributed by atoms with Crippen molar-refractivity contribution in [3.8, 4) is 17.2 Å². The van der Waals surface area contributed by atoms with E-state index in [4.69, 9.17) is 4.74 Å². The molecule has 2 amide bonds. The van der Waals surface area contributed by atoms with Gasteiger partial charge < -0.3 is 15.2 Å². The number of anilines is 1. The molecule has 3 N–H and O–H groups in total. The number of carbonyl (C=O) groups excluding carboxylic acids is 1. The molecule has 3 aromatic rings. The summed E-state index contributed by atoms with van der Waals surface area (Å²) in [6.07, 6.45) is 1.44. The first kappa shape index (κ1) is 17.0. The molecule has 0 saturated carbocycles. The van der Waals surface area contributed by atoms with E-state index in [1.807, 2.05) is 36.4 Å². The molecule has 0 radical (unpaired) electrons. The van der Waals surface area contributed by atoms with Crippen LogP contribution in [-0.4, -0.2) is 17.4 Å². The number of aromatic hydroxyl groups is 1. The number of benzene rings is 3. The third kappa shape index (κ3) is 4.85. The van der Waals surface area contributed by atoms with Crippen molar-refractivity contribution < 1.29 is 14.6 Å². The summed E-state index contributed by atoms with van der Waals surface area (Å²) in [6, 6.07) is 22.4. The van der Waals surface area contributed by atoms with Gasteiger partial charge in [-0.3, -0.25) is 0 Å². The molecule has 3 aromatic carbocycles. The number of ether oxygens (including phenoxy) is 1. The summed E-state index contributed by atoms with van der Waals surface area (Å²) in [5.41, 5.74) is 3.55. The van der Waals surface area contributed by atoms with Crippen molar-refractivity contribution in [1.29, 1.82) is 0 Å². The van der Waals surface area contributed by atoms with Gasteiger partial charge in [0.2, 0.25) is 0 Å². The average Bonchev–Trinajstić information content (AvgIpc) is 2.64. The molecule has 3 rings (SSSR count). The molecule has 0 aromatic heterocycles. The summed E-state index contributed by atoms with van der Waals surface area (Å²) in [4.78, 5) is 12.0. The molecule has 0 bridgehead atoms. The van der Waals surface area contributed by atoms with E-state index in [0.717, 1.165) is 0 Å². The lowest BCUT2D eigenvalue weighted by Gasteiger charge is -2.11. The second kappa shape index (κ2) is 8.34. The maximum atomic E-state index is 12.0. The summed E-state index contributed by atoms with van der Waals surface area (Å²) in [5.74, 6) is 1.32. The number of amides is 2. The first-order valence-electron chi connectivity index (χ1n) is 7.92. The molecule has 0 unspecified atom stereocenters. The second-order valence-corrected chi connectivity index (χ2v) is 5.33. The zero-order chi connectivity index (χ0) is 18.2. The van der Waals surface area contributed by atoms with Gasteiger partial charge in [-0.15, -0.1) is 0 Å². The van der Waals surface area contributed by atoms with Crippen LogP contribution < -0.4 is 15.5 Å². The smallest absolute Gasteiger partial charge is 0.339 e. The Labute approximate surface area is 150 Å². The van der Waals surface area contributed by atoms with Gasteiger partial charge in [0.1, 0.15) is 11.5 Å². The highest BCUT2D eigenvalue weighted by Gasteiger charge is 2.07. The van der Waals surface area contributed by atoms with E-state index in [1.54, 1.807) is 36.4 Å². The Hall–Kier alpha value is -3.80. The Morgan fingerprint density at radius 3 is 2.54 bits per heavy atom. The van der Waals surface area contributed by atoms with Gasteiger partial charge in [0.25, 0.3) is 0 Å². The van der Waals surface area contributed by atoms with Gasteiger partial charge in [-0.1, -0.05) is 42.5 Å². The van der Waals surface area contributed by atoms with E-state index < -0.39 is 6.03 Å². The van der Waals surface area contributed by atoms with E-state index in [0.29, 0.717) is 22.7 Å². The minimum atomic E-state index is -0.509. The molecule has 0 saturated heterocycles. The summed E-state index contributed by atoms with van der Waals surface area (Å²) in [7, 11) is 0. The van der Waals surface area contributed by atoms with Gasteiger partial charge in [-0.2, -0.15) is 5.10 Å². The predicted octanol–water partition coefficient (Wildman–Crippen LogP) is 4.34. The molecular formula is C20H17N3O3. The molecule has 26 heavy (non-hydrogen) atoms. The van der Waals surface area contributed by atoms with E-state index in [9.17, 15) is 9.90 Å². The largest absolute Gasteiger partial charge is 0.508 e. The van der Waals surface area contributed by atoms with Crippen molar-refractivity contribution in [2.75, 3.05) is 5.32 Å². The van der Waals surface area contributed by atoms with Crippen molar-refractivity contribution in [2.24, 2.45) is 5.10 Å². The Morgan fingerprint density at radius 2 is 1.73 bits per heavy atom. The monoisotopic (exact) mass is 347 g/mol. The van der Waals surface area contributed by atoms with Crippen molar-refractivity contribution in [3.63, 3.8) is 0 Å². The van der Waals surface area contributed by atoms with Crippen LogP contribution in [0.4, 0.5) is 10.5 Å². The standard InChI is InChI=1S/C20H17N3O3/c24-16-8-6-7-15(13-16)14-21-23-20(25)22-18-11-4-5-12-19(18)26-17-9-2-1-3-10-17/h1-14,24H,(H2,22,23,25)/b21-14+. The Bertz CT molecular complexity index is 911. The summed E-state index contributed by atoms with van der Waals surface area (Å²) >= 11 is 0. The van der Waals surface area contributed by atoms with Crippen molar-refractivity contribution in [1.82, 2.24) is 5.43 Å². The lowest BCUT2D eigenvalue weighted by molar-refractivity contribution is 0.252. The maximum Gasteiger partial charge on any atom is 0.339 e. The Morgan fingerprint density at radius 1 is 0.962 bits per heavy atom.